The van der Waals surface area contributed by atoms with Crippen LogP contribution in [-0.2, 0) is 0 Å². The molecule has 116 valence electrons. The van der Waals surface area contributed by atoms with Gasteiger partial charge in [-0.1, -0.05) is 16.8 Å². The van der Waals surface area contributed by atoms with Crippen molar-refractivity contribution in [2.45, 2.75) is 13.3 Å². The van der Waals surface area contributed by atoms with Crippen molar-refractivity contribution in [1.29, 1.82) is 0 Å². The average molecular weight is 320 g/mol. The maximum Gasteiger partial charge on any atom is 0.289 e. The summed E-state index contributed by atoms with van der Waals surface area (Å²) in [5.41, 5.74) is 1.88. The van der Waals surface area contributed by atoms with E-state index in [0.717, 1.165) is 24.5 Å². The van der Waals surface area contributed by atoms with Gasteiger partial charge in [0.1, 0.15) is 0 Å². The highest BCUT2D eigenvalue weighted by atomic mass is 35.5. The molecule has 1 aromatic carbocycles. The first-order valence-corrected chi connectivity index (χ1v) is 7.71. The molecule has 0 spiro atoms. The van der Waals surface area contributed by atoms with Gasteiger partial charge < -0.3 is 14.7 Å². The smallest absolute Gasteiger partial charge is 0.289 e. The van der Waals surface area contributed by atoms with Gasteiger partial charge in [0, 0.05) is 36.4 Å². The summed E-state index contributed by atoms with van der Waals surface area (Å²) >= 11 is 5.91. The summed E-state index contributed by atoms with van der Waals surface area (Å²) in [4.78, 5) is 14.2. The number of aryl methyl sites for hydroxylation is 1. The summed E-state index contributed by atoms with van der Waals surface area (Å²) in [6.45, 7) is 4.35. The van der Waals surface area contributed by atoms with Crippen LogP contribution in [0.2, 0.25) is 5.02 Å². The number of benzene rings is 1. The van der Waals surface area contributed by atoms with Crippen LogP contribution >= 0.6 is 11.6 Å². The molecule has 1 N–H and O–H groups in total. The maximum atomic E-state index is 11.9. The lowest BCUT2D eigenvalue weighted by atomic mass is 10.1. The van der Waals surface area contributed by atoms with Crippen LogP contribution in [0.5, 0.6) is 0 Å². The minimum absolute atomic E-state index is 0.203. The third-order valence-electron chi connectivity index (χ3n) is 3.88. The first-order chi connectivity index (χ1) is 10.6. The van der Waals surface area contributed by atoms with Crippen LogP contribution in [0, 0.1) is 12.8 Å². The number of rotatable bonds is 4. The Bertz CT molecular complexity index is 654. The van der Waals surface area contributed by atoms with E-state index in [1.807, 2.05) is 24.3 Å². The summed E-state index contributed by atoms with van der Waals surface area (Å²) in [7, 11) is 0. The number of nitrogens with one attached hydrogen (secondary N) is 1. The number of nitrogens with zero attached hydrogens (tertiary/aromatic N) is 2. The van der Waals surface area contributed by atoms with Crippen molar-refractivity contribution in [3.63, 3.8) is 0 Å². The molecular weight excluding hydrogens is 302 g/mol. The molecule has 1 saturated heterocycles. The van der Waals surface area contributed by atoms with E-state index in [2.05, 4.69) is 15.4 Å². The van der Waals surface area contributed by atoms with E-state index in [1.165, 1.54) is 5.69 Å². The Kier molecular flexibility index (Phi) is 4.34. The minimum Gasteiger partial charge on any atom is -0.371 e. The van der Waals surface area contributed by atoms with Crippen LogP contribution in [0.3, 0.4) is 0 Å². The fourth-order valence-corrected chi connectivity index (χ4v) is 2.81. The molecule has 1 aliphatic heterocycles. The van der Waals surface area contributed by atoms with Crippen LogP contribution in [0.25, 0.3) is 0 Å². The lowest BCUT2D eigenvalue weighted by Crippen LogP contribution is -2.30. The van der Waals surface area contributed by atoms with Crippen molar-refractivity contribution >= 4 is 23.2 Å². The van der Waals surface area contributed by atoms with E-state index < -0.39 is 0 Å². The summed E-state index contributed by atoms with van der Waals surface area (Å²) in [6.07, 6.45) is 1.05. The molecule has 6 heteroatoms. The van der Waals surface area contributed by atoms with Gasteiger partial charge in [0.25, 0.3) is 5.91 Å². The van der Waals surface area contributed by atoms with Gasteiger partial charge in [0.2, 0.25) is 5.76 Å². The quantitative estimate of drug-likeness (QED) is 0.941. The third-order valence-corrected chi connectivity index (χ3v) is 4.13. The second-order valence-corrected chi connectivity index (χ2v) is 6.06. The largest absolute Gasteiger partial charge is 0.371 e. The second-order valence-electron chi connectivity index (χ2n) is 5.62. The Morgan fingerprint density at radius 3 is 2.91 bits per heavy atom. The number of halogens is 1. The maximum absolute atomic E-state index is 11.9. The Morgan fingerprint density at radius 1 is 1.45 bits per heavy atom. The monoisotopic (exact) mass is 319 g/mol. The van der Waals surface area contributed by atoms with Crippen molar-refractivity contribution in [3.8, 4) is 0 Å². The number of aromatic nitrogens is 1. The standard InChI is InChI=1S/C16H18ClN3O2/c1-11-8-15(22-19-11)16(21)18-9-12-6-7-20(10-12)14-4-2-13(17)3-5-14/h2-5,8,12H,6-7,9-10H2,1H3,(H,18,21). The molecule has 0 aliphatic carbocycles. The van der Waals surface area contributed by atoms with E-state index in [-0.39, 0.29) is 11.7 Å². The summed E-state index contributed by atoms with van der Waals surface area (Å²) in [5, 5.41) is 7.38. The van der Waals surface area contributed by atoms with E-state index in [4.69, 9.17) is 16.1 Å². The second kappa shape index (κ2) is 6.40. The van der Waals surface area contributed by atoms with Gasteiger partial charge in [-0.3, -0.25) is 4.79 Å². The Hall–Kier alpha value is -2.01. The van der Waals surface area contributed by atoms with Gasteiger partial charge >= 0.3 is 0 Å². The molecule has 3 rings (SSSR count). The van der Waals surface area contributed by atoms with Crippen molar-refractivity contribution in [2.24, 2.45) is 5.92 Å². The molecule has 1 aliphatic rings. The van der Waals surface area contributed by atoms with E-state index in [9.17, 15) is 4.79 Å². The van der Waals surface area contributed by atoms with Crippen LogP contribution < -0.4 is 10.2 Å². The number of anilines is 1. The number of hydrogen-bond donors (Lipinski definition) is 1. The Labute approximate surface area is 134 Å². The molecule has 0 bridgehead atoms. The molecule has 1 amide bonds. The molecule has 1 atom stereocenters. The van der Waals surface area contributed by atoms with Crippen LogP contribution in [-0.4, -0.2) is 30.7 Å². The highest BCUT2D eigenvalue weighted by Crippen LogP contribution is 2.24. The topological polar surface area (TPSA) is 58.4 Å². The molecule has 0 radical (unpaired) electrons. The molecule has 1 unspecified atom stereocenters. The highest BCUT2D eigenvalue weighted by molar-refractivity contribution is 6.30. The first-order valence-electron chi connectivity index (χ1n) is 7.34. The van der Waals surface area contributed by atoms with Gasteiger partial charge in [-0.05, 0) is 43.5 Å². The molecule has 2 heterocycles. The molecule has 5 nitrogen and oxygen atoms in total. The number of amides is 1. The van der Waals surface area contributed by atoms with Gasteiger partial charge in [-0.25, -0.2) is 0 Å². The molecule has 22 heavy (non-hydrogen) atoms. The number of carbonyl (C=O) groups is 1. The SMILES string of the molecule is Cc1cc(C(=O)NCC2CCN(c3ccc(Cl)cc3)C2)on1. The summed E-state index contributed by atoms with van der Waals surface area (Å²) < 4.78 is 4.96. The van der Waals surface area contributed by atoms with Crippen LogP contribution in [0.1, 0.15) is 22.7 Å². The number of carbonyl (C=O) groups excluding carboxylic acids is 1. The third kappa shape index (κ3) is 3.42. The van der Waals surface area contributed by atoms with Crippen LogP contribution in [0.15, 0.2) is 34.9 Å². The first kappa shape index (κ1) is 14.9. The zero-order valence-electron chi connectivity index (χ0n) is 12.4. The van der Waals surface area contributed by atoms with Crippen molar-refractivity contribution in [1.82, 2.24) is 10.5 Å². The van der Waals surface area contributed by atoms with Crippen molar-refractivity contribution < 1.29 is 9.32 Å². The number of hydrogen-bond acceptors (Lipinski definition) is 4. The lowest BCUT2D eigenvalue weighted by Gasteiger charge is -2.18. The van der Waals surface area contributed by atoms with Gasteiger partial charge in [-0.15, -0.1) is 0 Å². The van der Waals surface area contributed by atoms with Crippen molar-refractivity contribution in [2.75, 3.05) is 24.5 Å². The molecule has 2 aromatic rings. The van der Waals surface area contributed by atoms with E-state index in [1.54, 1.807) is 13.0 Å². The molecular formula is C16H18ClN3O2. The molecule has 0 saturated carbocycles. The van der Waals surface area contributed by atoms with E-state index >= 15 is 0 Å². The predicted molar refractivity (Wildman–Crippen MR) is 85.3 cm³/mol. The van der Waals surface area contributed by atoms with Gasteiger partial charge in [0.15, 0.2) is 0 Å². The zero-order valence-corrected chi connectivity index (χ0v) is 13.1. The van der Waals surface area contributed by atoms with Crippen LogP contribution in [0.4, 0.5) is 5.69 Å². The fraction of sp³-hybridized carbons (Fsp3) is 0.375. The van der Waals surface area contributed by atoms with Gasteiger partial charge in [0.05, 0.1) is 5.69 Å². The summed E-state index contributed by atoms with van der Waals surface area (Å²) in [5.74, 6) is 0.499. The molecule has 1 aromatic heterocycles. The Balaban J connectivity index is 1.51. The van der Waals surface area contributed by atoms with E-state index in [0.29, 0.717) is 18.2 Å². The van der Waals surface area contributed by atoms with Gasteiger partial charge in [-0.2, -0.15) is 0 Å². The fourth-order valence-electron chi connectivity index (χ4n) is 2.68. The Morgan fingerprint density at radius 2 is 2.23 bits per heavy atom. The predicted octanol–water partition coefficient (Wildman–Crippen LogP) is 2.89. The summed E-state index contributed by atoms with van der Waals surface area (Å²) in [6, 6.07) is 9.50. The minimum atomic E-state index is -0.203. The van der Waals surface area contributed by atoms with Crippen molar-refractivity contribution in [3.05, 3.63) is 46.8 Å². The average Bonchev–Trinajstić information content (AvgIpc) is 3.15. The molecule has 1 fully saturated rings. The lowest BCUT2D eigenvalue weighted by molar-refractivity contribution is 0.0911. The highest BCUT2D eigenvalue weighted by Gasteiger charge is 2.23. The normalized spacial score (nSPS) is 17.7. The zero-order chi connectivity index (χ0) is 15.5.